The van der Waals surface area contributed by atoms with E-state index in [1.807, 2.05) is 6.92 Å². The molecule has 0 saturated carbocycles. The number of benzene rings is 1. The van der Waals surface area contributed by atoms with Gasteiger partial charge in [-0.15, -0.1) is 0 Å². The number of carbonyl (C=O) groups is 1. The molecule has 0 aliphatic carbocycles. The fourth-order valence-corrected chi connectivity index (χ4v) is 2.32. The van der Waals surface area contributed by atoms with E-state index in [1.165, 1.54) is 12.1 Å². The highest BCUT2D eigenvalue weighted by atomic mass is 35.5. The predicted molar refractivity (Wildman–Crippen MR) is 76.5 cm³/mol. The van der Waals surface area contributed by atoms with E-state index in [1.54, 1.807) is 6.07 Å². The van der Waals surface area contributed by atoms with Crippen LogP contribution in [0.4, 0.5) is 10.1 Å². The quantitative estimate of drug-likeness (QED) is 0.929. The Bertz CT molecular complexity index is 484. The lowest BCUT2D eigenvalue weighted by molar-refractivity contribution is -0.117. The van der Waals surface area contributed by atoms with Crippen molar-refractivity contribution in [1.29, 1.82) is 0 Å². The molecule has 1 aliphatic heterocycles. The van der Waals surface area contributed by atoms with Crippen molar-refractivity contribution in [1.82, 2.24) is 4.90 Å². The van der Waals surface area contributed by atoms with E-state index in [2.05, 4.69) is 10.2 Å². The first-order chi connectivity index (χ1) is 9.54. The number of hydrogen-bond acceptors (Lipinski definition) is 3. The number of carbonyl (C=O) groups excluding carboxylic acids is 1. The van der Waals surface area contributed by atoms with Crippen molar-refractivity contribution in [2.75, 3.05) is 31.6 Å². The highest BCUT2D eigenvalue weighted by molar-refractivity contribution is 6.30. The van der Waals surface area contributed by atoms with E-state index in [9.17, 15) is 9.18 Å². The van der Waals surface area contributed by atoms with Crippen LogP contribution in [-0.2, 0) is 9.53 Å². The van der Waals surface area contributed by atoms with Gasteiger partial charge < -0.3 is 10.1 Å². The molecule has 2 rings (SSSR count). The van der Waals surface area contributed by atoms with Gasteiger partial charge in [0.25, 0.3) is 0 Å². The van der Waals surface area contributed by atoms with Gasteiger partial charge in [0.05, 0.1) is 18.4 Å². The van der Waals surface area contributed by atoms with Gasteiger partial charge in [-0.3, -0.25) is 9.69 Å². The molecule has 1 saturated heterocycles. The number of anilines is 1. The zero-order valence-corrected chi connectivity index (χ0v) is 12.1. The summed E-state index contributed by atoms with van der Waals surface area (Å²) in [7, 11) is 0. The van der Waals surface area contributed by atoms with Gasteiger partial charge in [0, 0.05) is 31.1 Å². The number of nitrogens with zero attached hydrogens (tertiary/aromatic N) is 1. The minimum Gasteiger partial charge on any atom is -0.376 e. The lowest BCUT2D eigenvalue weighted by atomic mass is 10.2. The van der Waals surface area contributed by atoms with Crippen molar-refractivity contribution >= 4 is 23.2 Å². The average Bonchev–Trinajstić information content (AvgIpc) is 2.40. The summed E-state index contributed by atoms with van der Waals surface area (Å²) in [6.07, 6.45) is 0.523. The van der Waals surface area contributed by atoms with Crippen LogP contribution in [0.5, 0.6) is 0 Å². The number of nitrogens with one attached hydrogen (secondary N) is 1. The van der Waals surface area contributed by atoms with E-state index in [0.29, 0.717) is 24.6 Å². The molecule has 0 bridgehead atoms. The van der Waals surface area contributed by atoms with E-state index in [4.69, 9.17) is 16.3 Å². The van der Waals surface area contributed by atoms with Crippen LogP contribution >= 0.6 is 11.6 Å². The minimum absolute atomic E-state index is 0.162. The summed E-state index contributed by atoms with van der Waals surface area (Å²) in [5.41, 5.74) is 0.162. The van der Waals surface area contributed by atoms with E-state index in [-0.39, 0.29) is 17.7 Å². The number of rotatable bonds is 4. The fraction of sp³-hybridized carbons (Fsp3) is 0.500. The summed E-state index contributed by atoms with van der Waals surface area (Å²) in [4.78, 5) is 14.0. The summed E-state index contributed by atoms with van der Waals surface area (Å²) in [6.45, 7) is 4.99. The third kappa shape index (κ3) is 4.44. The van der Waals surface area contributed by atoms with Crippen LogP contribution in [0.25, 0.3) is 0 Å². The minimum atomic E-state index is -0.522. The van der Waals surface area contributed by atoms with Crippen molar-refractivity contribution in [2.45, 2.75) is 19.4 Å². The molecular weight excluding hydrogens is 283 g/mol. The molecule has 1 aliphatic rings. The van der Waals surface area contributed by atoms with E-state index >= 15 is 0 Å². The second-order valence-electron chi connectivity index (χ2n) is 4.90. The lowest BCUT2D eigenvalue weighted by Crippen LogP contribution is -2.42. The van der Waals surface area contributed by atoms with Gasteiger partial charge in [0.1, 0.15) is 5.82 Å². The Morgan fingerprint density at radius 2 is 2.40 bits per heavy atom. The normalized spacial score (nSPS) is 19.9. The van der Waals surface area contributed by atoms with Gasteiger partial charge in [-0.2, -0.15) is 0 Å². The largest absolute Gasteiger partial charge is 0.376 e. The van der Waals surface area contributed by atoms with Gasteiger partial charge in [-0.05, 0) is 25.1 Å². The first-order valence-electron chi connectivity index (χ1n) is 6.63. The Morgan fingerprint density at radius 1 is 1.60 bits per heavy atom. The number of ether oxygens (including phenoxy) is 1. The number of amides is 1. The van der Waals surface area contributed by atoms with Crippen LogP contribution in [-0.4, -0.2) is 43.2 Å². The van der Waals surface area contributed by atoms with Gasteiger partial charge in [-0.1, -0.05) is 11.6 Å². The molecule has 1 aromatic rings. The van der Waals surface area contributed by atoms with Crippen LogP contribution in [0.3, 0.4) is 0 Å². The second kappa shape index (κ2) is 7.02. The summed E-state index contributed by atoms with van der Waals surface area (Å²) in [5.74, 6) is -0.726. The molecule has 1 atom stereocenters. The Hall–Kier alpha value is -1.17. The molecule has 110 valence electrons. The number of hydrogen-bond donors (Lipinski definition) is 1. The third-order valence-electron chi connectivity index (χ3n) is 3.19. The summed E-state index contributed by atoms with van der Waals surface area (Å²) < 4.78 is 19.0. The maximum Gasteiger partial charge on any atom is 0.225 e. The van der Waals surface area contributed by atoms with Crippen LogP contribution in [0.2, 0.25) is 5.02 Å². The Balaban J connectivity index is 1.80. The van der Waals surface area contributed by atoms with Crippen LogP contribution in [0.15, 0.2) is 18.2 Å². The monoisotopic (exact) mass is 300 g/mol. The molecule has 1 fully saturated rings. The third-order valence-corrected chi connectivity index (χ3v) is 3.42. The maximum atomic E-state index is 13.5. The second-order valence-corrected chi connectivity index (χ2v) is 5.34. The van der Waals surface area contributed by atoms with Gasteiger partial charge in [0.2, 0.25) is 5.91 Å². The molecule has 4 nitrogen and oxygen atoms in total. The van der Waals surface area contributed by atoms with E-state index < -0.39 is 5.82 Å². The smallest absolute Gasteiger partial charge is 0.225 e. The van der Waals surface area contributed by atoms with Crippen molar-refractivity contribution in [2.24, 2.45) is 0 Å². The highest BCUT2D eigenvalue weighted by Gasteiger charge is 2.17. The van der Waals surface area contributed by atoms with Crippen molar-refractivity contribution in [3.63, 3.8) is 0 Å². The Morgan fingerprint density at radius 3 is 3.10 bits per heavy atom. The SMILES string of the molecule is CC1CN(CCC(=O)Nc2ccc(Cl)cc2F)CCO1. The topological polar surface area (TPSA) is 41.6 Å². The first kappa shape index (κ1) is 15.2. The molecule has 1 aromatic carbocycles. The first-order valence-corrected chi connectivity index (χ1v) is 7.01. The van der Waals surface area contributed by atoms with Crippen molar-refractivity contribution < 1.29 is 13.9 Å². The Kier molecular flexibility index (Phi) is 5.34. The summed E-state index contributed by atoms with van der Waals surface area (Å²) >= 11 is 5.66. The molecule has 1 heterocycles. The van der Waals surface area contributed by atoms with Gasteiger partial charge in [-0.25, -0.2) is 4.39 Å². The molecule has 1 unspecified atom stereocenters. The zero-order valence-electron chi connectivity index (χ0n) is 11.4. The van der Waals surface area contributed by atoms with E-state index in [0.717, 1.165) is 13.1 Å². The molecule has 0 radical (unpaired) electrons. The van der Waals surface area contributed by atoms with Crippen molar-refractivity contribution in [3.8, 4) is 0 Å². The predicted octanol–water partition coefficient (Wildman–Crippen LogP) is 2.53. The zero-order chi connectivity index (χ0) is 14.5. The lowest BCUT2D eigenvalue weighted by Gasteiger charge is -2.30. The van der Waals surface area contributed by atoms with Gasteiger partial charge in [0.15, 0.2) is 0 Å². The fourth-order valence-electron chi connectivity index (χ4n) is 2.16. The molecule has 1 N–H and O–H groups in total. The number of halogens is 2. The van der Waals surface area contributed by atoms with Crippen LogP contribution in [0, 0.1) is 5.82 Å². The highest BCUT2D eigenvalue weighted by Crippen LogP contribution is 2.19. The molecule has 20 heavy (non-hydrogen) atoms. The van der Waals surface area contributed by atoms with Crippen LogP contribution < -0.4 is 5.32 Å². The molecule has 0 aromatic heterocycles. The average molecular weight is 301 g/mol. The molecule has 6 heteroatoms. The standard InChI is InChI=1S/C14H18ClFN2O2/c1-10-9-18(6-7-20-10)5-4-14(19)17-13-3-2-11(15)8-12(13)16/h2-3,8,10H,4-7,9H2,1H3,(H,17,19). The summed E-state index contributed by atoms with van der Waals surface area (Å²) in [5, 5.41) is 2.87. The molecule has 1 amide bonds. The molecular formula is C14H18ClFN2O2. The molecule has 0 spiro atoms. The van der Waals surface area contributed by atoms with Crippen molar-refractivity contribution in [3.05, 3.63) is 29.0 Å². The maximum absolute atomic E-state index is 13.5. The summed E-state index contributed by atoms with van der Waals surface area (Å²) in [6, 6.07) is 4.19. The Labute approximate surface area is 122 Å². The van der Waals surface area contributed by atoms with Gasteiger partial charge >= 0.3 is 0 Å². The van der Waals surface area contributed by atoms with Crippen LogP contribution in [0.1, 0.15) is 13.3 Å². The number of morpholine rings is 1.